The van der Waals surface area contributed by atoms with Gasteiger partial charge in [-0.05, 0) is 36.2 Å². The summed E-state index contributed by atoms with van der Waals surface area (Å²) in [6.07, 6.45) is 4.82. The van der Waals surface area contributed by atoms with Crippen LogP contribution in [0.5, 0.6) is 0 Å². The van der Waals surface area contributed by atoms with E-state index in [0.29, 0.717) is 6.54 Å². The van der Waals surface area contributed by atoms with Crippen molar-refractivity contribution in [3.05, 3.63) is 52.3 Å². The van der Waals surface area contributed by atoms with Crippen molar-refractivity contribution in [2.24, 2.45) is 5.73 Å². The molecule has 1 heterocycles. The van der Waals surface area contributed by atoms with Gasteiger partial charge in [0, 0.05) is 10.7 Å². The lowest BCUT2D eigenvalue weighted by molar-refractivity contribution is 0.686. The van der Waals surface area contributed by atoms with Crippen molar-refractivity contribution in [2.45, 2.75) is 13.0 Å². The fraction of sp³-hybridized carbons (Fsp3) is 0.250. The normalized spacial score (nSPS) is 10.6. The average Bonchev–Trinajstić information content (AvgIpc) is 2.66. The summed E-state index contributed by atoms with van der Waals surface area (Å²) in [6.45, 7) is 1.46. The van der Waals surface area contributed by atoms with Crippen LogP contribution in [0, 0.1) is 0 Å². The summed E-state index contributed by atoms with van der Waals surface area (Å²) in [5.41, 5.74) is 7.92. The van der Waals surface area contributed by atoms with E-state index in [9.17, 15) is 0 Å². The van der Waals surface area contributed by atoms with Crippen molar-refractivity contribution in [3.8, 4) is 0 Å². The molecule has 0 aliphatic rings. The van der Waals surface area contributed by atoms with Gasteiger partial charge in [-0.1, -0.05) is 28.1 Å². The summed E-state index contributed by atoms with van der Waals surface area (Å²) < 4.78 is 3.03. The molecule has 0 amide bonds. The molecule has 0 saturated heterocycles. The van der Waals surface area contributed by atoms with Gasteiger partial charge in [0.1, 0.15) is 0 Å². The quantitative estimate of drug-likeness (QED) is 0.933. The molecule has 0 radical (unpaired) electrons. The number of nitrogens with two attached hydrogens (primary N) is 1. The Morgan fingerprint density at radius 3 is 2.94 bits per heavy atom. The number of benzene rings is 1. The Morgan fingerprint density at radius 2 is 2.19 bits per heavy atom. The molecule has 2 N–H and O–H groups in total. The van der Waals surface area contributed by atoms with E-state index in [4.69, 9.17) is 5.73 Å². The van der Waals surface area contributed by atoms with Gasteiger partial charge in [0.05, 0.1) is 12.7 Å². The van der Waals surface area contributed by atoms with Crippen molar-refractivity contribution in [2.75, 3.05) is 6.54 Å². The molecule has 0 aliphatic carbocycles. The summed E-state index contributed by atoms with van der Waals surface area (Å²) in [7, 11) is 0. The highest BCUT2D eigenvalue weighted by Crippen LogP contribution is 2.12. The highest BCUT2D eigenvalue weighted by molar-refractivity contribution is 9.10. The van der Waals surface area contributed by atoms with Crippen LogP contribution in [0.2, 0.25) is 0 Å². The number of hydrogen-bond donors (Lipinski definition) is 1. The largest absolute Gasteiger partial charge is 0.330 e. The zero-order valence-corrected chi connectivity index (χ0v) is 10.5. The monoisotopic (exact) mass is 279 g/mol. The highest BCUT2D eigenvalue weighted by atomic mass is 79.9. The van der Waals surface area contributed by atoms with Crippen molar-refractivity contribution in [3.63, 3.8) is 0 Å². The van der Waals surface area contributed by atoms with Crippen molar-refractivity contribution in [1.29, 1.82) is 0 Å². The van der Waals surface area contributed by atoms with E-state index in [1.807, 2.05) is 29.2 Å². The second kappa shape index (κ2) is 5.27. The van der Waals surface area contributed by atoms with Gasteiger partial charge in [0.25, 0.3) is 0 Å². The number of hydrogen-bond acceptors (Lipinski definition) is 2. The zero-order chi connectivity index (χ0) is 11.4. The van der Waals surface area contributed by atoms with Crippen LogP contribution < -0.4 is 5.73 Å². The van der Waals surface area contributed by atoms with Gasteiger partial charge in [-0.25, -0.2) is 0 Å². The summed E-state index contributed by atoms with van der Waals surface area (Å²) in [5, 5.41) is 4.31. The van der Waals surface area contributed by atoms with Crippen LogP contribution in [-0.2, 0) is 13.0 Å². The molecule has 0 saturated carbocycles. The first-order chi connectivity index (χ1) is 7.78. The first kappa shape index (κ1) is 11.4. The van der Waals surface area contributed by atoms with Gasteiger partial charge < -0.3 is 5.73 Å². The molecule has 2 aromatic rings. The topological polar surface area (TPSA) is 43.8 Å². The Kier molecular flexibility index (Phi) is 3.74. The van der Waals surface area contributed by atoms with Gasteiger partial charge in [-0.2, -0.15) is 5.10 Å². The molecule has 16 heavy (non-hydrogen) atoms. The number of nitrogens with zero attached hydrogens (tertiary/aromatic N) is 2. The molecule has 4 heteroatoms. The minimum atomic E-state index is 0.669. The molecule has 0 aliphatic heterocycles. The van der Waals surface area contributed by atoms with E-state index in [2.05, 4.69) is 33.2 Å². The average molecular weight is 280 g/mol. The third-order valence-corrected chi connectivity index (χ3v) is 2.85. The third-order valence-electron chi connectivity index (χ3n) is 2.35. The fourth-order valence-electron chi connectivity index (χ4n) is 1.61. The molecule has 0 unspecified atom stereocenters. The van der Waals surface area contributed by atoms with Crippen molar-refractivity contribution < 1.29 is 0 Å². The van der Waals surface area contributed by atoms with Crippen molar-refractivity contribution >= 4 is 15.9 Å². The lowest BCUT2D eigenvalue weighted by atomic mass is 10.2. The zero-order valence-electron chi connectivity index (χ0n) is 8.94. The maximum absolute atomic E-state index is 5.50. The second-order valence-electron chi connectivity index (χ2n) is 3.71. The van der Waals surface area contributed by atoms with Crippen LogP contribution in [0.4, 0.5) is 0 Å². The van der Waals surface area contributed by atoms with Crippen LogP contribution in [0.1, 0.15) is 11.1 Å². The molecule has 0 spiro atoms. The van der Waals surface area contributed by atoms with E-state index >= 15 is 0 Å². The van der Waals surface area contributed by atoms with Gasteiger partial charge >= 0.3 is 0 Å². The summed E-state index contributed by atoms with van der Waals surface area (Å²) in [6, 6.07) is 8.25. The van der Waals surface area contributed by atoms with Gasteiger partial charge in [0.15, 0.2) is 0 Å². The molecule has 0 bridgehead atoms. The first-order valence-corrected chi connectivity index (χ1v) is 6.03. The molecule has 2 rings (SSSR count). The molecule has 0 atom stereocenters. The minimum absolute atomic E-state index is 0.669. The Bertz CT molecular complexity index is 465. The summed E-state index contributed by atoms with van der Waals surface area (Å²) >= 11 is 3.46. The Hall–Kier alpha value is -1.13. The fourth-order valence-corrected chi connectivity index (χ4v) is 2.06. The lowest BCUT2D eigenvalue weighted by Crippen LogP contribution is -2.02. The predicted molar refractivity (Wildman–Crippen MR) is 68.2 cm³/mol. The third kappa shape index (κ3) is 2.93. The molecule has 1 aromatic carbocycles. The van der Waals surface area contributed by atoms with Crippen LogP contribution in [0.25, 0.3) is 0 Å². The highest BCUT2D eigenvalue weighted by Gasteiger charge is 1.99. The van der Waals surface area contributed by atoms with Crippen LogP contribution in [-0.4, -0.2) is 16.3 Å². The lowest BCUT2D eigenvalue weighted by Gasteiger charge is -2.02. The van der Waals surface area contributed by atoms with Crippen LogP contribution in [0.15, 0.2) is 41.1 Å². The van der Waals surface area contributed by atoms with E-state index in [-0.39, 0.29) is 0 Å². The molecule has 3 nitrogen and oxygen atoms in total. The second-order valence-corrected chi connectivity index (χ2v) is 4.63. The Morgan fingerprint density at radius 1 is 1.31 bits per heavy atom. The van der Waals surface area contributed by atoms with Gasteiger partial charge in [-0.3, -0.25) is 4.68 Å². The predicted octanol–water partition coefficient (Wildman–Crippen LogP) is 2.20. The summed E-state index contributed by atoms with van der Waals surface area (Å²) in [4.78, 5) is 0. The maximum atomic E-state index is 5.50. The smallest absolute Gasteiger partial charge is 0.0659 e. The molecule has 0 fully saturated rings. The van der Waals surface area contributed by atoms with Crippen LogP contribution in [0.3, 0.4) is 0 Å². The van der Waals surface area contributed by atoms with Crippen LogP contribution >= 0.6 is 15.9 Å². The molecular weight excluding hydrogens is 266 g/mol. The standard InChI is InChI=1S/C12H14BrN3/c13-12-3-1-2-10(6-12)8-16-9-11(4-5-14)7-15-16/h1-3,6-7,9H,4-5,8,14H2. The first-order valence-electron chi connectivity index (χ1n) is 5.24. The minimum Gasteiger partial charge on any atom is -0.330 e. The number of aromatic nitrogens is 2. The maximum Gasteiger partial charge on any atom is 0.0659 e. The van der Waals surface area contributed by atoms with E-state index in [1.54, 1.807) is 0 Å². The van der Waals surface area contributed by atoms with Gasteiger partial charge in [-0.15, -0.1) is 0 Å². The Labute approximate surface area is 103 Å². The molecule has 84 valence electrons. The number of rotatable bonds is 4. The number of halogens is 1. The van der Waals surface area contributed by atoms with E-state index < -0.39 is 0 Å². The SMILES string of the molecule is NCCc1cnn(Cc2cccc(Br)c2)c1. The Balaban J connectivity index is 2.08. The van der Waals surface area contributed by atoms with E-state index in [1.165, 1.54) is 11.1 Å². The molecular formula is C12H14BrN3. The summed E-state index contributed by atoms with van der Waals surface area (Å²) in [5.74, 6) is 0. The van der Waals surface area contributed by atoms with Gasteiger partial charge in [0.2, 0.25) is 0 Å². The van der Waals surface area contributed by atoms with Crippen molar-refractivity contribution in [1.82, 2.24) is 9.78 Å². The molecule has 1 aromatic heterocycles. The van der Waals surface area contributed by atoms with E-state index in [0.717, 1.165) is 17.4 Å².